The molecule has 0 radical (unpaired) electrons. The Labute approximate surface area is 135 Å². The summed E-state index contributed by atoms with van der Waals surface area (Å²) in [5, 5.41) is 10.2. The van der Waals surface area contributed by atoms with Crippen LogP contribution in [0.3, 0.4) is 0 Å². The first-order valence-corrected chi connectivity index (χ1v) is 8.69. The molecule has 3 heteroatoms. The minimum atomic E-state index is -0.423. The number of rotatable bonds is 7. The van der Waals surface area contributed by atoms with Crippen molar-refractivity contribution in [3.63, 3.8) is 0 Å². The van der Waals surface area contributed by atoms with Crippen LogP contribution in [-0.4, -0.2) is 42.4 Å². The largest absolute Gasteiger partial charge is 0.491 e. The molecule has 0 aliphatic carbocycles. The summed E-state index contributed by atoms with van der Waals surface area (Å²) in [6.07, 6.45) is 3.14. The number of benzene rings is 1. The summed E-state index contributed by atoms with van der Waals surface area (Å²) in [6, 6.07) is 8.23. The molecule has 0 aromatic heterocycles. The monoisotopic (exact) mass is 305 g/mol. The molecular formula is C19H31NO2. The van der Waals surface area contributed by atoms with Crippen LogP contribution in [0.1, 0.15) is 39.2 Å². The van der Waals surface area contributed by atoms with Crippen LogP contribution in [0.15, 0.2) is 24.3 Å². The fourth-order valence-electron chi connectivity index (χ4n) is 3.53. The third-order valence-corrected chi connectivity index (χ3v) is 4.32. The lowest BCUT2D eigenvalue weighted by Crippen LogP contribution is -2.43. The number of piperidine rings is 1. The fraction of sp³-hybridized carbons (Fsp3) is 0.684. The zero-order chi connectivity index (χ0) is 15.9. The van der Waals surface area contributed by atoms with Gasteiger partial charge < -0.3 is 14.7 Å². The van der Waals surface area contributed by atoms with Crippen LogP contribution in [-0.2, 0) is 6.42 Å². The molecule has 1 saturated heterocycles. The first-order valence-electron chi connectivity index (χ1n) is 8.69. The Morgan fingerprint density at radius 1 is 1.18 bits per heavy atom. The smallest absolute Gasteiger partial charge is 0.119 e. The van der Waals surface area contributed by atoms with Crippen molar-refractivity contribution in [2.24, 2.45) is 11.8 Å². The van der Waals surface area contributed by atoms with Gasteiger partial charge in [0.1, 0.15) is 18.5 Å². The van der Waals surface area contributed by atoms with Crippen molar-refractivity contribution in [1.82, 2.24) is 4.90 Å². The molecule has 22 heavy (non-hydrogen) atoms. The first-order chi connectivity index (χ1) is 10.6. The Balaban J connectivity index is 1.73. The van der Waals surface area contributed by atoms with Crippen LogP contribution in [0.25, 0.3) is 0 Å². The predicted molar refractivity (Wildman–Crippen MR) is 91.3 cm³/mol. The van der Waals surface area contributed by atoms with E-state index in [2.05, 4.69) is 37.8 Å². The van der Waals surface area contributed by atoms with E-state index in [0.717, 1.165) is 43.5 Å². The van der Waals surface area contributed by atoms with Crippen molar-refractivity contribution in [1.29, 1.82) is 0 Å². The molecule has 0 spiro atoms. The van der Waals surface area contributed by atoms with Gasteiger partial charge >= 0.3 is 0 Å². The third kappa shape index (κ3) is 5.62. The molecule has 1 aromatic carbocycles. The molecule has 3 nitrogen and oxygen atoms in total. The highest BCUT2D eigenvalue weighted by molar-refractivity contribution is 5.27. The number of likely N-dealkylation sites (tertiary alicyclic amines) is 1. The van der Waals surface area contributed by atoms with E-state index in [9.17, 15) is 5.11 Å². The van der Waals surface area contributed by atoms with Crippen molar-refractivity contribution in [3.05, 3.63) is 29.8 Å². The van der Waals surface area contributed by atoms with Gasteiger partial charge in [0.15, 0.2) is 0 Å². The molecule has 2 rings (SSSR count). The Kier molecular flexibility index (Phi) is 6.71. The van der Waals surface area contributed by atoms with Crippen molar-refractivity contribution in [3.8, 4) is 5.75 Å². The normalized spacial score (nSPS) is 24.2. The second kappa shape index (κ2) is 8.54. The number of nitrogens with zero attached hydrogens (tertiary/aromatic N) is 1. The maximum Gasteiger partial charge on any atom is 0.119 e. The number of ether oxygens (including phenoxy) is 1. The minimum absolute atomic E-state index is 0.367. The first kappa shape index (κ1) is 17.3. The van der Waals surface area contributed by atoms with Gasteiger partial charge in [0, 0.05) is 19.6 Å². The highest BCUT2D eigenvalue weighted by Crippen LogP contribution is 2.21. The lowest BCUT2D eigenvalue weighted by Gasteiger charge is -2.35. The third-order valence-electron chi connectivity index (χ3n) is 4.32. The van der Waals surface area contributed by atoms with E-state index in [4.69, 9.17) is 4.74 Å². The topological polar surface area (TPSA) is 32.7 Å². The number of aryl methyl sites for hydroxylation is 1. The van der Waals surface area contributed by atoms with E-state index in [1.165, 1.54) is 12.0 Å². The van der Waals surface area contributed by atoms with E-state index in [0.29, 0.717) is 13.2 Å². The van der Waals surface area contributed by atoms with Crippen molar-refractivity contribution < 1.29 is 9.84 Å². The zero-order valence-electron chi connectivity index (χ0n) is 14.3. The van der Waals surface area contributed by atoms with Gasteiger partial charge in [0.2, 0.25) is 0 Å². The summed E-state index contributed by atoms with van der Waals surface area (Å²) in [5.41, 5.74) is 1.34. The minimum Gasteiger partial charge on any atom is -0.491 e. The summed E-state index contributed by atoms with van der Waals surface area (Å²) in [4.78, 5) is 2.37. The van der Waals surface area contributed by atoms with Gasteiger partial charge in [-0.3, -0.25) is 0 Å². The quantitative estimate of drug-likeness (QED) is 0.838. The summed E-state index contributed by atoms with van der Waals surface area (Å²) >= 11 is 0. The molecule has 1 aliphatic heterocycles. The highest BCUT2D eigenvalue weighted by Gasteiger charge is 2.23. The maximum absolute atomic E-state index is 10.2. The Bertz CT molecular complexity index is 422. The lowest BCUT2D eigenvalue weighted by molar-refractivity contribution is 0.0429. The van der Waals surface area contributed by atoms with Crippen molar-refractivity contribution in [2.75, 3.05) is 26.2 Å². The van der Waals surface area contributed by atoms with Gasteiger partial charge in [-0.1, -0.05) is 39.3 Å². The number of hydrogen-bond acceptors (Lipinski definition) is 3. The standard InChI is InChI=1S/C19H31NO2/c1-4-5-17-6-8-19(9-7-17)22-14-18(21)13-20-11-15(2)10-16(3)12-20/h6-9,15-16,18,21H,4-5,10-14H2,1-3H3/t15-,16-,18+/m0/s1. The number of β-amino-alcohol motifs (C(OH)–C–C–N with tert-alkyl or cyclic N) is 1. The second-order valence-electron chi connectivity index (χ2n) is 7.02. The summed E-state index contributed by atoms with van der Waals surface area (Å²) in [5.74, 6) is 2.30. The zero-order valence-corrected chi connectivity index (χ0v) is 14.3. The fourth-order valence-corrected chi connectivity index (χ4v) is 3.53. The second-order valence-corrected chi connectivity index (χ2v) is 7.02. The highest BCUT2D eigenvalue weighted by atomic mass is 16.5. The molecule has 1 heterocycles. The molecule has 0 amide bonds. The van der Waals surface area contributed by atoms with Crippen LogP contribution in [0, 0.1) is 11.8 Å². The Morgan fingerprint density at radius 3 is 2.41 bits per heavy atom. The van der Waals surface area contributed by atoms with E-state index < -0.39 is 6.10 Å². The molecule has 0 unspecified atom stereocenters. The van der Waals surface area contributed by atoms with Crippen molar-refractivity contribution in [2.45, 2.75) is 46.1 Å². The van der Waals surface area contributed by atoms with E-state index in [1.807, 2.05) is 12.1 Å². The average Bonchev–Trinajstić information content (AvgIpc) is 2.46. The average molecular weight is 305 g/mol. The summed E-state index contributed by atoms with van der Waals surface area (Å²) in [7, 11) is 0. The molecule has 1 N–H and O–H groups in total. The van der Waals surface area contributed by atoms with Gasteiger partial charge in [-0.05, 0) is 42.4 Å². The number of aliphatic hydroxyl groups excluding tert-OH is 1. The van der Waals surface area contributed by atoms with Crippen LogP contribution >= 0.6 is 0 Å². The van der Waals surface area contributed by atoms with Gasteiger partial charge in [0.05, 0.1) is 0 Å². The van der Waals surface area contributed by atoms with Crippen molar-refractivity contribution >= 4 is 0 Å². The van der Waals surface area contributed by atoms with Gasteiger partial charge in [-0.2, -0.15) is 0 Å². The molecule has 1 aliphatic rings. The van der Waals surface area contributed by atoms with Crippen LogP contribution in [0.2, 0.25) is 0 Å². The molecular weight excluding hydrogens is 274 g/mol. The van der Waals surface area contributed by atoms with Gasteiger partial charge in [0.25, 0.3) is 0 Å². The van der Waals surface area contributed by atoms with Gasteiger partial charge in [-0.15, -0.1) is 0 Å². The van der Waals surface area contributed by atoms with E-state index in [-0.39, 0.29) is 0 Å². The lowest BCUT2D eigenvalue weighted by atomic mass is 9.92. The SMILES string of the molecule is CCCc1ccc(OC[C@H](O)CN2C[C@@H](C)C[C@H](C)C2)cc1. The van der Waals surface area contributed by atoms with Gasteiger partial charge in [-0.25, -0.2) is 0 Å². The summed E-state index contributed by atoms with van der Waals surface area (Å²) < 4.78 is 5.72. The molecule has 3 atom stereocenters. The molecule has 124 valence electrons. The predicted octanol–water partition coefficient (Wildman–Crippen LogP) is 3.36. The maximum atomic E-state index is 10.2. The molecule has 1 fully saturated rings. The number of aliphatic hydroxyl groups is 1. The summed E-state index contributed by atoms with van der Waals surface area (Å²) in [6.45, 7) is 10.0. The Hall–Kier alpha value is -1.06. The molecule has 0 saturated carbocycles. The van der Waals surface area contributed by atoms with Crippen LogP contribution < -0.4 is 4.74 Å². The van der Waals surface area contributed by atoms with Crippen LogP contribution in [0.5, 0.6) is 5.75 Å². The van der Waals surface area contributed by atoms with E-state index in [1.54, 1.807) is 0 Å². The van der Waals surface area contributed by atoms with Crippen LogP contribution in [0.4, 0.5) is 0 Å². The molecule has 0 bridgehead atoms. The number of hydrogen-bond donors (Lipinski definition) is 1. The molecule has 1 aromatic rings. The van der Waals surface area contributed by atoms with E-state index >= 15 is 0 Å². The Morgan fingerprint density at radius 2 is 1.82 bits per heavy atom.